The highest BCUT2D eigenvalue weighted by atomic mass is 36.0. The molecule has 0 unspecified atom stereocenters. The zero-order valence-corrected chi connectivity index (χ0v) is 32.6. The predicted octanol–water partition coefficient (Wildman–Crippen LogP) is 11.4. The Morgan fingerprint density at radius 2 is 1.04 bits per heavy atom. The first-order valence-electron chi connectivity index (χ1n) is 13.8. The van der Waals surface area contributed by atoms with Gasteiger partial charge in [-0.15, -0.1) is 0 Å². The number of ether oxygens (including phenoxy) is 4. The summed E-state index contributed by atoms with van der Waals surface area (Å²) in [6.45, 7) is 0. The summed E-state index contributed by atoms with van der Waals surface area (Å²) in [5.41, 5.74) is 3.42. The van der Waals surface area contributed by atoms with Gasteiger partial charge in [0.25, 0.3) is 0 Å². The van der Waals surface area contributed by atoms with E-state index in [2.05, 4.69) is 41.3 Å². The largest absolute Gasteiger partial charge is 0.497 e. The maximum atomic E-state index is 14.4. The molecule has 0 saturated carbocycles. The molecule has 0 aliphatic carbocycles. The van der Waals surface area contributed by atoms with Crippen molar-refractivity contribution in [3.8, 4) is 45.3 Å². The minimum Gasteiger partial charge on any atom is -0.497 e. The van der Waals surface area contributed by atoms with Gasteiger partial charge in [-0.1, -0.05) is 42.2 Å². The van der Waals surface area contributed by atoms with Gasteiger partial charge in [0, 0.05) is 62.2 Å². The van der Waals surface area contributed by atoms with Gasteiger partial charge in [0.1, 0.15) is 34.3 Å². The zero-order valence-electron chi connectivity index (χ0n) is 26.4. The second-order valence-electron chi connectivity index (χ2n) is 9.83. The van der Waals surface area contributed by atoms with E-state index in [1.54, 1.807) is 32.5 Å². The summed E-state index contributed by atoms with van der Waals surface area (Å²) in [6, 6.07) is 13.9. The normalized spacial score (nSPS) is 10.7. The van der Waals surface area contributed by atoms with Gasteiger partial charge in [0.05, 0.1) is 49.0 Å². The molecule has 52 heavy (non-hydrogen) atoms. The van der Waals surface area contributed by atoms with E-state index in [0.29, 0.717) is 50.1 Å². The summed E-state index contributed by atoms with van der Waals surface area (Å²) in [5.74, 6) is 1.57. The number of hydrogen-bond donors (Lipinski definition) is 0. The number of hydrogen-bond acceptors (Lipinski definition) is 10. The van der Waals surface area contributed by atoms with Crippen LogP contribution in [-0.4, -0.2) is 56.8 Å². The molecule has 0 amide bonds. The van der Waals surface area contributed by atoms with E-state index in [4.69, 9.17) is 85.4 Å². The van der Waals surface area contributed by atoms with Gasteiger partial charge < -0.3 is 18.9 Å². The summed E-state index contributed by atoms with van der Waals surface area (Å²) < 4.78 is 53.8. The molecular weight excluding hydrogens is 848 g/mol. The number of aromatic nitrogens is 4. The van der Waals surface area contributed by atoms with Crippen LogP contribution in [0.25, 0.3) is 44.1 Å². The van der Waals surface area contributed by atoms with Gasteiger partial charge in [-0.25, -0.2) is 24.3 Å². The third kappa shape index (κ3) is 10.9. The minimum absolute atomic E-state index is 0. The van der Waals surface area contributed by atoms with Crippen molar-refractivity contribution in [1.82, 2.24) is 19.9 Å². The zero-order chi connectivity index (χ0) is 37.6. The van der Waals surface area contributed by atoms with Crippen molar-refractivity contribution in [2.45, 2.75) is 7.43 Å². The second-order valence-corrected chi connectivity index (χ2v) is 15.3. The van der Waals surface area contributed by atoms with Crippen molar-refractivity contribution >= 4 is 109 Å². The molecule has 0 atom stereocenters. The van der Waals surface area contributed by atoms with Crippen LogP contribution >= 0.6 is 79.4 Å². The van der Waals surface area contributed by atoms with Gasteiger partial charge in [-0.2, -0.15) is 8.42 Å². The average Bonchev–Trinajstić information content (AvgIpc) is 3.08. The average molecular weight is 874 g/mol. The molecule has 4 aromatic carbocycles. The van der Waals surface area contributed by atoms with Crippen molar-refractivity contribution in [3.05, 3.63) is 92.4 Å². The highest BCUT2D eigenvalue weighted by molar-refractivity contribution is 8.31. The molecule has 0 fully saturated rings. The van der Waals surface area contributed by atoms with Crippen LogP contribution in [0.1, 0.15) is 7.43 Å². The van der Waals surface area contributed by atoms with Crippen molar-refractivity contribution < 1.29 is 31.8 Å². The van der Waals surface area contributed by atoms with Crippen molar-refractivity contribution in [3.63, 3.8) is 0 Å². The van der Waals surface area contributed by atoms with Crippen LogP contribution in [0.3, 0.4) is 0 Å². The Morgan fingerprint density at radius 1 is 0.596 bits per heavy atom. The third-order valence-corrected chi connectivity index (χ3v) is 8.16. The Kier molecular flexibility index (Phi) is 15.4. The Bertz CT molecular complexity index is 2300. The van der Waals surface area contributed by atoms with Crippen molar-refractivity contribution in [1.29, 1.82) is 0 Å². The molecule has 0 saturated heterocycles. The smallest absolute Gasteiger partial charge is 0.317 e. The van der Waals surface area contributed by atoms with E-state index in [1.165, 1.54) is 26.5 Å². The molecule has 0 radical (unpaired) electrons. The van der Waals surface area contributed by atoms with E-state index in [9.17, 15) is 4.39 Å². The molecule has 19 heteroatoms. The SMILES string of the molecule is C.COc1cc(OC)c(Cl)c(-c2cc(F)c3nc(Cl)ncc3c2)c1Cl.COc1cc(OC)cc(-c2cc(Cl)c3nc(Cl)ncc3c2)c1.O=S(=O)(Cl)Cl. The molecule has 2 aromatic heterocycles. The lowest BCUT2D eigenvalue weighted by Crippen LogP contribution is -1.95. The standard InChI is InChI=1S/C16H10Cl3FN2O2.C16H12Cl2N2O2.CH4.Cl2O2S/c1-23-10-5-11(24-2)14(18)12(13(10)17)7-3-8-6-21-16(19)22-15(8)9(20)4-7;1-21-12-4-10(5-13(7-12)22-2)9-3-11-8-19-16(18)20-15(11)14(17)6-9;;1-5(2,3)4/h3-6H,1-2H3;3-8H,1-2H3;1H4;. The highest BCUT2D eigenvalue weighted by Crippen LogP contribution is 2.46. The summed E-state index contributed by atoms with van der Waals surface area (Å²) in [6.07, 6.45) is 3.08. The minimum atomic E-state index is -3.72. The topological polar surface area (TPSA) is 123 Å². The molecule has 2 heterocycles. The third-order valence-electron chi connectivity index (χ3n) is 6.76. The van der Waals surface area contributed by atoms with Crippen molar-refractivity contribution in [2.75, 3.05) is 28.4 Å². The number of benzene rings is 4. The van der Waals surface area contributed by atoms with Gasteiger partial charge in [-0.05, 0) is 76.3 Å². The van der Waals surface area contributed by atoms with Crippen LogP contribution < -0.4 is 18.9 Å². The van der Waals surface area contributed by atoms with Crippen molar-refractivity contribution in [2.24, 2.45) is 0 Å². The van der Waals surface area contributed by atoms with Crippen LogP contribution in [0.2, 0.25) is 25.6 Å². The van der Waals surface area contributed by atoms with E-state index in [1.807, 2.05) is 30.3 Å². The Balaban J connectivity index is 0.000000245. The molecule has 6 aromatic rings. The van der Waals surface area contributed by atoms with Gasteiger partial charge in [0.2, 0.25) is 10.6 Å². The van der Waals surface area contributed by atoms with Gasteiger partial charge in [-0.3, -0.25) is 0 Å². The molecule has 0 bridgehead atoms. The number of fused-ring (bicyclic) bond motifs is 2. The van der Waals surface area contributed by atoms with Crippen LogP contribution in [0.5, 0.6) is 23.0 Å². The summed E-state index contributed by atoms with van der Waals surface area (Å²) in [4.78, 5) is 15.9. The summed E-state index contributed by atoms with van der Waals surface area (Å²) >= 11 is 30.6. The predicted molar refractivity (Wildman–Crippen MR) is 209 cm³/mol. The Labute approximate surface area is 332 Å². The second kappa shape index (κ2) is 18.6. The molecule has 10 nitrogen and oxygen atoms in total. The van der Waals surface area contributed by atoms with E-state index >= 15 is 0 Å². The van der Waals surface area contributed by atoms with E-state index in [0.717, 1.165) is 16.5 Å². The molecule has 0 spiro atoms. The van der Waals surface area contributed by atoms with E-state index in [-0.39, 0.29) is 33.6 Å². The summed E-state index contributed by atoms with van der Waals surface area (Å²) in [7, 11) is 11.0. The fraction of sp³-hybridized carbons (Fsp3) is 0.152. The Hall–Kier alpha value is -3.33. The lowest BCUT2D eigenvalue weighted by molar-refractivity contribution is 0.394. The molecule has 6 rings (SSSR count). The molecule has 0 aliphatic heterocycles. The lowest BCUT2D eigenvalue weighted by atomic mass is 10.0. The fourth-order valence-corrected chi connectivity index (χ4v) is 5.84. The maximum Gasteiger partial charge on any atom is 0.317 e. The van der Waals surface area contributed by atoms with Crippen LogP contribution in [0, 0.1) is 5.82 Å². The first-order chi connectivity index (χ1) is 24.1. The molecular formula is C33H26Cl7FN4O6S. The first-order valence-corrected chi connectivity index (χ1v) is 18.8. The van der Waals surface area contributed by atoms with Crippen LogP contribution in [0.15, 0.2) is 60.9 Å². The fourth-order valence-electron chi connectivity index (χ4n) is 4.59. The monoisotopic (exact) mass is 870 g/mol. The number of rotatable bonds is 6. The molecule has 0 aliphatic rings. The molecule has 276 valence electrons. The van der Waals surface area contributed by atoms with E-state index < -0.39 is 14.1 Å². The van der Waals surface area contributed by atoms with Crippen LogP contribution in [-0.2, 0) is 8.26 Å². The van der Waals surface area contributed by atoms with Gasteiger partial charge in [0.15, 0.2) is 0 Å². The summed E-state index contributed by atoms with van der Waals surface area (Å²) in [5, 5.41) is 2.42. The van der Waals surface area contributed by atoms with Gasteiger partial charge >= 0.3 is 8.26 Å². The first kappa shape index (κ1) is 43.1. The highest BCUT2D eigenvalue weighted by Gasteiger charge is 2.20. The lowest BCUT2D eigenvalue weighted by Gasteiger charge is -2.15. The van der Waals surface area contributed by atoms with Crippen LogP contribution in [0.4, 0.5) is 4.39 Å². The number of methoxy groups -OCH3 is 4. The molecule has 0 N–H and O–H groups in total. The quantitative estimate of drug-likeness (QED) is 0.118. The Morgan fingerprint density at radius 3 is 1.52 bits per heavy atom. The number of nitrogens with zero attached hydrogens (tertiary/aromatic N) is 4. The maximum absolute atomic E-state index is 14.4. The number of halogens is 8.